The van der Waals surface area contributed by atoms with E-state index in [0.29, 0.717) is 27.2 Å². The zero-order valence-electron chi connectivity index (χ0n) is 17.4. The molecule has 0 saturated carbocycles. The molecule has 1 atom stereocenters. The zero-order valence-corrected chi connectivity index (χ0v) is 19.7. The number of carbonyl (C=O) groups is 2. The molecule has 0 saturated heterocycles. The van der Waals surface area contributed by atoms with Crippen molar-refractivity contribution >= 4 is 46.6 Å². The van der Waals surface area contributed by atoms with Crippen molar-refractivity contribution in [1.29, 1.82) is 0 Å². The van der Waals surface area contributed by atoms with E-state index in [9.17, 15) is 9.59 Å². The lowest BCUT2D eigenvalue weighted by Gasteiger charge is -2.30. The van der Waals surface area contributed by atoms with E-state index in [-0.39, 0.29) is 25.0 Å². The number of aryl methyl sites for hydroxylation is 2. The lowest BCUT2D eigenvalue weighted by molar-refractivity contribution is -0.142. The van der Waals surface area contributed by atoms with Crippen LogP contribution >= 0.6 is 34.8 Å². The van der Waals surface area contributed by atoms with Gasteiger partial charge < -0.3 is 15.0 Å². The third-order valence-electron chi connectivity index (χ3n) is 4.74. The van der Waals surface area contributed by atoms with Gasteiger partial charge in [0.05, 0.1) is 10.0 Å². The van der Waals surface area contributed by atoms with Crippen LogP contribution in [0, 0.1) is 13.8 Å². The summed E-state index contributed by atoms with van der Waals surface area (Å²) in [4.78, 5) is 27.0. The molecule has 0 aliphatic rings. The Balaban J connectivity index is 2.24. The molecule has 0 aromatic heterocycles. The maximum atomic E-state index is 13.1. The van der Waals surface area contributed by atoms with Gasteiger partial charge in [0.1, 0.15) is 11.8 Å². The van der Waals surface area contributed by atoms with E-state index in [4.69, 9.17) is 39.5 Å². The first kappa shape index (κ1) is 24.3. The number of likely N-dealkylation sites (N-methyl/N-ethyl adjacent to an activating group) is 1. The second-order valence-corrected chi connectivity index (χ2v) is 8.16. The highest BCUT2D eigenvalue weighted by molar-refractivity contribution is 6.42. The molecule has 0 aliphatic carbocycles. The predicted octanol–water partition coefficient (Wildman–Crippen LogP) is 5.20. The fourth-order valence-corrected chi connectivity index (χ4v) is 3.57. The van der Waals surface area contributed by atoms with Crippen molar-refractivity contribution < 1.29 is 14.3 Å². The van der Waals surface area contributed by atoms with Crippen molar-refractivity contribution in [2.75, 3.05) is 13.7 Å². The van der Waals surface area contributed by atoms with Gasteiger partial charge in [0, 0.05) is 18.6 Å². The van der Waals surface area contributed by atoms with E-state index < -0.39 is 6.04 Å². The van der Waals surface area contributed by atoms with Crippen LogP contribution in [0.3, 0.4) is 0 Å². The molecule has 0 radical (unpaired) electrons. The molecule has 0 heterocycles. The number of hydrogen-bond donors (Lipinski definition) is 1. The average molecular weight is 472 g/mol. The molecule has 0 fully saturated rings. The first-order valence-electron chi connectivity index (χ1n) is 9.52. The number of carbonyl (C=O) groups excluding carboxylic acids is 2. The van der Waals surface area contributed by atoms with Gasteiger partial charge >= 0.3 is 0 Å². The summed E-state index contributed by atoms with van der Waals surface area (Å²) in [5, 5.41) is 4.10. The minimum atomic E-state index is -0.644. The topological polar surface area (TPSA) is 58.6 Å². The first-order chi connectivity index (χ1) is 14.2. The third-order valence-corrected chi connectivity index (χ3v) is 6.08. The quantitative estimate of drug-likeness (QED) is 0.576. The van der Waals surface area contributed by atoms with Gasteiger partial charge in [-0.1, -0.05) is 47.8 Å². The Morgan fingerprint density at radius 3 is 2.23 bits per heavy atom. The summed E-state index contributed by atoms with van der Waals surface area (Å²) in [6, 6.07) is 8.04. The summed E-state index contributed by atoms with van der Waals surface area (Å²) in [5.74, 6) is -0.0175. The van der Waals surface area contributed by atoms with E-state index in [1.807, 2.05) is 20.8 Å². The summed E-state index contributed by atoms with van der Waals surface area (Å²) < 4.78 is 5.73. The van der Waals surface area contributed by atoms with Crippen LogP contribution in [-0.4, -0.2) is 36.4 Å². The molecule has 2 rings (SSSR count). The molecule has 2 amide bonds. The van der Waals surface area contributed by atoms with Gasteiger partial charge in [0.25, 0.3) is 5.91 Å². The Morgan fingerprint density at radius 1 is 1.07 bits per heavy atom. The molecule has 5 nitrogen and oxygen atoms in total. The highest BCUT2D eigenvalue weighted by Crippen LogP contribution is 2.26. The van der Waals surface area contributed by atoms with Gasteiger partial charge in [-0.3, -0.25) is 9.59 Å². The van der Waals surface area contributed by atoms with Crippen LogP contribution in [0.2, 0.25) is 15.1 Å². The van der Waals surface area contributed by atoms with Gasteiger partial charge in [-0.15, -0.1) is 0 Å². The summed E-state index contributed by atoms with van der Waals surface area (Å²) in [7, 11) is 1.54. The fourth-order valence-electron chi connectivity index (χ4n) is 3.14. The number of rotatable bonds is 8. The molecule has 8 heteroatoms. The molecular formula is C22H25Cl3N2O3. The molecule has 30 heavy (non-hydrogen) atoms. The van der Waals surface area contributed by atoms with E-state index in [1.165, 1.54) is 4.90 Å². The van der Waals surface area contributed by atoms with Crippen molar-refractivity contribution in [3.63, 3.8) is 0 Å². The highest BCUT2D eigenvalue weighted by atomic mass is 35.5. The zero-order chi connectivity index (χ0) is 22.4. The number of amides is 2. The number of nitrogens with one attached hydrogen (secondary N) is 1. The highest BCUT2D eigenvalue weighted by Gasteiger charge is 2.28. The maximum Gasteiger partial charge on any atom is 0.261 e. The van der Waals surface area contributed by atoms with Crippen LogP contribution in [0.15, 0.2) is 30.3 Å². The third kappa shape index (κ3) is 6.03. The van der Waals surface area contributed by atoms with Crippen LogP contribution in [0.4, 0.5) is 0 Å². The molecule has 0 spiro atoms. The minimum absolute atomic E-state index is 0.198. The van der Waals surface area contributed by atoms with Gasteiger partial charge in [0.2, 0.25) is 5.91 Å². The number of ether oxygens (including phenoxy) is 1. The molecule has 162 valence electrons. The lowest BCUT2D eigenvalue weighted by atomic mass is 10.1. The summed E-state index contributed by atoms with van der Waals surface area (Å²) in [5.41, 5.74) is 2.49. The molecule has 0 bridgehead atoms. The first-order valence-corrected chi connectivity index (χ1v) is 10.7. The number of benzene rings is 2. The van der Waals surface area contributed by atoms with E-state index in [1.54, 1.807) is 37.4 Å². The van der Waals surface area contributed by atoms with Crippen LogP contribution in [-0.2, 0) is 16.1 Å². The SMILES string of the molecule is CC[C@@H](C(=O)NC)N(Cc1ccc(Cl)c(Cl)c1)C(=O)COc1cc(C)c(Cl)c(C)c1. The van der Waals surface area contributed by atoms with Gasteiger partial charge in [-0.25, -0.2) is 0 Å². The van der Waals surface area contributed by atoms with Crippen molar-refractivity contribution in [2.45, 2.75) is 39.8 Å². The standard InChI is InChI=1S/C22H25Cl3N2O3/c1-5-19(22(29)26-4)27(11-15-6-7-17(23)18(24)10-15)20(28)12-30-16-8-13(2)21(25)14(3)9-16/h6-10,19H,5,11-12H2,1-4H3,(H,26,29)/t19-/m0/s1. The maximum absolute atomic E-state index is 13.1. The number of nitrogens with zero attached hydrogens (tertiary/aromatic N) is 1. The van der Waals surface area contributed by atoms with Crippen LogP contribution in [0.1, 0.15) is 30.0 Å². The minimum Gasteiger partial charge on any atom is -0.484 e. The van der Waals surface area contributed by atoms with E-state index >= 15 is 0 Å². The van der Waals surface area contributed by atoms with E-state index in [0.717, 1.165) is 16.7 Å². The molecule has 2 aromatic rings. The lowest BCUT2D eigenvalue weighted by Crippen LogP contribution is -2.49. The molecule has 0 aliphatic heterocycles. The second kappa shape index (κ2) is 10.9. The van der Waals surface area contributed by atoms with Crippen LogP contribution in [0.25, 0.3) is 0 Å². The van der Waals surface area contributed by atoms with Crippen molar-refractivity contribution in [3.05, 3.63) is 62.1 Å². The van der Waals surface area contributed by atoms with Gasteiger partial charge in [0.15, 0.2) is 6.61 Å². The molecule has 2 aromatic carbocycles. The molecule has 1 N–H and O–H groups in total. The Hall–Kier alpha value is -1.95. The predicted molar refractivity (Wildman–Crippen MR) is 122 cm³/mol. The normalized spacial score (nSPS) is 11.7. The Labute approximate surface area is 192 Å². The Bertz CT molecular complexity index is 911. The van der Waals surface area contributed by atoms with Crippen molar-refractivity contribution in [1.82, 2.24) is 10.2 Å². The van der Waals surface area contributed by atoms with E-state index in [2.05, 4.69) is 5.32 Å². The summed E-state index contributed by atoms with van der Waals surface area (Å²) in [6.07, 6.45) is 0.450. The molecule has 0 unspecified atom stereocenters. The van der Waals surface area contributed by atoms with Crippen LogP contribution < -0.4 is 10.1 Å². The monoisotopic (exact) mass is 470 g/mol. The number of halogens is 3. The van der Waals surface area contributed by atoms with Gasteiger partial charge in [-0.05, 0) is 61.2 Å². The van der Waals surface area contributed by atoms with Gasteiger partial charge in [-0.2, -0.15) is 0 Å². The smallest absolute Gasteiger partial charge is 0.261 e. The number of hydrogen-bond acceptors (Lipinski definition) is 3. The van der Waals surface area contributed by atoms with Crippen LogP contribution in [0.5, 0.6) is 5.75 Å². The molecular weight excluding hydrogens is 447 g/mol. The Morgan fingerprint density at radius 2 is 1.70 bits per heavy atom. The second-order valence-electron chi connectivity index (χ2n) is 6.97. The Kier molecular flexibility index (Phi) is 8.83. The summed E-state index contributed by atoms with van der Waals surface area (Å²) in [6.45, 7) is 5.58. The summed E-state index contributed by atoms with van der Waals surface area (Å²) >= 11 is 18.3. The van der Waals surface area contributed by atoms with Crippen molar-refractivity contribution in [3.8, 4) is 5.75 Å². The van der Waals surface area contributed by atoms with Crippen molar-refractivity contribution in [2.24, 2.45) is 0 Å². The fraction of sp³-hybridized carbons (Fsp3) is 0.364. The average Bonchev–Trinajstić information content (AvgIpc) is 2.72. The largest absolute Gasteiger partial charge is 0.484 e.